The summed E-state index contributed by atoms with van der Waals surface area (Å²) >= 11 is 6.04. The highest BCUT2D eigenvalue weighted by molar-refractivity contribution is 6.30. The summed E-state index contributed by atoms with van der Waals surface area (Å²) in [6, 6.07) is 5.71. The second-order valence-electron chi connectivity index (χ2n) is 5.09. The second-order valence-corrected chi connectivity index (χ2v) is 5.53. The Hall–Kier alpha value is -0.730. The summed E-state index contributed by atoms with van der Waals surface area (Å²) in [4.78, 5) is 0. The van der Waals surface area contributed by atoms with Crippen LogP contribution in [0.2, 0.25) is 5.02 Å². The first-order valence-corrected chi connectivity index (χ1v) is 6.58. The minimum atomic E-state index is 0.0357. The van der Waals surface area contributed by atoms with Gasteiger partial charge in [0.05, 0.1) is 7.11 Å². The number of hydrogen-bond acceptors (Lipinski definition) is 2. The van der Waals surface area contributed by atoms with Crippen molar-refractivity contribution < 1.29 is 4.74 Å². The third-order valence-corrected chi connectivity index (χ3v) is 4.03. The van der Waals surface area contributed by atoms with Crippen molar-refractivity contribution in [1.82, 2.24) is 0 Å². The van der Waals surface area contributed by atoms with Crippen molar-refractivity contribution in [2.45, 2.75) is 32.2 Å². The van der Waals surface area contributed by atoms with Crippen LogP contribution in [0.4, 0.5) is 0 Å². The lowest BCUT2D eigenvalue weighted by atomic mass is 9.91. The van der Waals surface area contributed by atoms with Crippen LogP contribution >= 0.6 is 11.6 Å². The number of benzene rings is 1. The van der Waals surface area contributed by atoms with Crippen LogP contribution in [0.3, 0.4) is 0 Å². The normalized spacial score (nSPS) is 25.9. The maximum atomic E-state index is 6.37. The Morgan fingerprint density at radius 1 is 1.41 bits per heavy atom. The third-order valence-electron chi connectivity index (χ3n) is 3.79. The molecule has 0 heterocycles. The molecule has 2 nitrogen and oxygen atoms in total. The van der Waals surface area contributed by atoms with Crippen LogP contribution in [0.25, 0.3) is 0 Å². The summed E-state index contributed by atoms with van der Waals surface area (Å²) in [5.74, 6) is 2.19. The van der Waals surface area contributed by atoms with Crippen molar-refractivity contribution in [1.29, 1.82) is 0 Å². The van der Waals surface area contributed by atoms with E-state index < -0.39 is 0 Å². The topological polar surface area (TPSA) is 35.2 Å². The van der Waals surface area contributed by atoms with Gasteiger partial charge in [0.1, 0.15) is 5.75 Å². The molecule has 3 unspecified atom stereocenters. The van der Waals surface area contributed by atoms with Gasteiger partial charge in [0, 0.05) is 16.6 Å². The van der Waals surface area contributed by atoms with Gasteiger partial charge in [0.2, 0.25) is 0 Å². The zero-order valence-corrected chi connectivity index (χ0v) is 11.2. The number of methoxy groups -OCH3 is 1. The predicted molar refractivity (Wildman–Crippen MR) is 71.4 cm³/mol. The zero-order valence-electron chi connectivity index (χ0n) is 10.4. The summed E-state index contributed by atoms with van der Waals surface area (Å²) in [6.07, 6.45) is 3.69. The van der Waals surface area contributed by atoms with Crippen molar-refractivity contribution in [2.75, 3.05) is 7.11 Å². The standard InChI is InChI=1S/C14H20ClNO/c1-9-3-4-10(7-9)14(16)12-8-11(15)5-6-13(12)17-2/h5-6,8-10,14H,3-4,7,16H2,1-2H3. The lowest BCUT2D eigenvalue weighted by molar-refractivity contribution is 0.381. The number of rotatable bonds is 3. The second kappa shape index (κ2) is 5.28. The first-order valence-electron chi connectivity index (χ1n) is 6.21. The summed E-state index contributed by atoms with van der Waals surface area (Å²) < 4.78 is 5.37. The highest BCUT2D eigenvalue weighted by atomic mass is 35.5. The van der Waals surface area contributed by atoms with Crippen LogP contribution in [0.1, 0.15) is 37.8 Å². The van der Waals surface area contributed by atoms with Gasteiger partial charge in [-0.3, -0.25) is 0 Å². The molecule has 17 heavy (non-hydrogen) atoms. The van der Waals surface area contributed by atoms with E-state index in [4.69, 9.17) is 22.1 Å². The van der Waals surface area contributed by atoms with Crippen molar-refractivity contribution in [3.63, 3.8) is 0 Å². The molecule has 1 aromatic rings. The van der Waals surface area contributed by atoms with E-state index in [9.17, 15) is 0 Å². The zero-order chi connectivity index (χ0) is 12.4. The molecular formula is C14H20ClNO. The van der Waals surface area contributed by atoms with Gasteiger partial charge in [-0.25, -0.2) is 0 Å². The van der Waals surface area contributed by atoms with Crippen molar-refractivity contribution in [2.24, 2.45) is 17.6 Å². The third kappa shape index (κ3) is 2.75. The van der Waals surface area contributed by atoms with E-state index in [-0.39, 0.29) is 6.04 Å². The SMILES string of the molecule is COc1ccc(Cl)cc1C(N)C1CCC(C)C1. The number of hydrogen-bond donors (Lipinski definition) is 1. The number of halogens is 1. The molecule has 94 valence electrons. The first-order chi connectivity index (χ1) is 8.11. The Morgan fingerprint density at radius 3 is 2.76 bits per heavy atom. The van der Waals surface area contributed by atoms with Gasteiger partial charge >= 0.3 is 0 Å². The summed E-state index contributed by atoms with van der Waals surface area (Å²) in [7, 11) is 1.68. The maximum absolute atomic E-state index is 6.37. The van der Waals surface area contributed by atoms with Crippen LogP contribution in [0.15, 0.2) is 18.2 Å². The van der Waals surface area contributed by atoms with E-state index in [1.54, 1.807) is 7.11 Å². The molecule has 0 amide bonds. The molecule has 0 aromatic heterocycles. The van der Waals surface area contributed by atoms with Crippen molar-refractivity contribution in [3.8, 4) is 5.75 Å². The largest absolute Gasteiger partial charge is 0.496 e. The fourth-order valence-electron chi connectivity index (χ4n) is 2.80. The van der Waals surface area contributed by atoms with Gasteiger partial charge in [0.15, 0.2) is 0 Å². The van der Waals surface area contributed by atoms with E-state index >= 15 is 0 Å². The van der Waals surface area contributed by atoms with Crippen LogP contribution in [-0.4, -0.2) is 7.11 Å². The molecule has 1 aliphatic rings. The average Bonchev–Trinajstić information content (AvgIpc) is 2.75. The van der Waals surface area contributed by atoms with Gasteiger partial charge in [0.25, 0.3) is 0 Å². The monoisotopic (exact) mass is 253 g/mol. The minimum Gasteiger partial charge on any atom is -0.496 e. The molecule has 1 fully saturated rings. The van der Waals surface area contributed by atoms with Gasteiger partial charge < -0.3 is 10.5 Å². The molecule has 3 heteroatoms. The average molecular weight is 254 g/mol. The first kappa shape index (κ1) is 12.7. The molecule has 0 radical (unpaired) electrons. The molecule has 2 N–H and O–H groups in total. The van der Waals surface area contributed by atoms with Crippen molar-refractivity contribution >= 4 is 11.6 Å². The van der Waals surface area contributed by atoms with E-state index in [0.717, 1.165) is 22.3 Å². The molecule has 0 saturated heterocycles. The summed E-state index contributed by atoms with van der Waals surface area (Å²) in [5, 5.41) is 0.724. The molecule has 2 rings (SSSR count). The Kier molecular flexibility index (Phi) is 3.95. The van der Waals surface area contributed by atoms with Gasteiger partial charge in [-0.1, -0.05) is 24.9 Å². The van der Waals surface area contributed by atoms with Crippen LogP contribution in [-0.2, 0) is 0 Å². The summed E-state index contributed by atoms with van der Waals surface area (Å²) in [6.45, 7) is 2.29. The highest BCUT2D eigenvalue weighted by Crippen LogP contribution is 2.40. The minimum absolute atomic E-state index is 0.0357. The quantitative estimate of drug-likeness (QED) is 0.890. The molecule has 0 spiro atoms. The van der Waals surface area contributed by atoms with Gasteiger partial charge in [-0.15, -0.1) is 0 Å². The molecule has 1 aliphatic carbocycles. The molecule has 0 bridgehead atoms. The number of nitrogens with two attached hydrogens (primary N) is 1. The van der Waals surface area contributed by atoms with Crippen LogP contribution < -0.4 is 10.5 Å². The van der Waals surface area contributed by atoms with E-state index in [1.165, 1.54) is 19.3 Å². The van der Waals surface area contributed by atoms with Crippen LogP contribution in [0.5, 0.6) is 5.75 Å². The molecule has 1 aromatic carbocycles. The Balaban J connectivity index is 2.23. The van der Waals surface area contributed by atoms with Crippen LogP contribution in [0, 0.1) is 11.8 Å². The molecular weight excluding hydrogens is 234 g/mol. The molecule has 3 atom stereocenters. The maximum Gasteiger partial charge on any atom is 0.123 e. The van der Waals surface area contributed by atoms with E-state index in [0.29, 0.717) is 5.92 Å². The molecule has 0 aliphatic heterocycles. The van der Waals surface area contributed by atoms with E-state index in [1.807, 2.05) is 18.2 Å². The number of ether oxygens (including phenoxy) is 1. The molecule has 1 saturated carbocycles. The predicted octanol–water partition coefficient (Wildman–Crippen LogP) is 3.78. The Bertz CT molecular complexity index is 394. The summed E-state index contributed by atoms with van der Waals surface area (Å²) in [5.41, 5.74) is 7.41. The van der Waals surface area contributed by atoms with Gasteiger partial charge in [-0.05, 0) is 42.9 Å². The lowest BCUT2D eigenvalue weighted by Crippen LogP contribution is -2.20. The fraction of sp³-hybridized carbons (Fsp3) is 0.571. The fourth-order valence-corrected chi connectivity index (χ4v) is 2.98. The smallest absolute Gasteiger partial charge is 0.123 e. The Labute approximate surface area is 108 Å². The van der Waals surface area contributed by atoms with Crippen molar-refractivity contribution in [3.05, 3.63) is 28.8 Å². The van der Waals surface area contributed by atoms with E-state index in [2.05, 4.69) is 6.92 Å². The highest BCUT2D eigenvalue weighted by Gasteiger charge is 2.29. The Morgan fingerprint density at radius 2 is 2.18 bits per heavy atom. The van der Waals surface area contributed by atoms with Gasteiger partial charge in [-0.2, -0.15) is 0 Å². The lowest BCUT2D eigenvalue weighted by Gasteiger charge is -2.22.